The Hall–Kier alpha value is -2.07. The van der Waals surface area contributed by atoms with Crippen LogP contribution in [0.15, 0.2) is 36.4 Å². The van der Waals surface area contributed by atoms with E-state index in [1.165, 1.54) is 12.1 Å². The van der Waals surface area contributed by atoms with Gasteiger partial charge in [0.25, 0.3) is 5.91 Å². The van der Waals surface area contributed by atoms with Crippen LogP contribution in [0.1, 0.15) is 18.1 Å². The zero-order valence-electron chi connectivity index (χ0n) is 12.6. The molecule has 0 fully saturated rings. The summed E-state index contributed by atoms with van der Waals surface area (Å²) in [4.78, 5) is 12.2. The first-order valence-corrected chi connectivity index (χ1v) is 7.24. The number of carbonyl (C=O) groups is 1. The van der Waals surface area contributed by atoms with Gasteiger partial charge in [-0.25, -0.2) is 4.39 Å². The number of amides is 1. The highest BCUT2D eigenvalue weighted by Gasteiger charge is 2.17. The van der Waals surface area contributed by atoms with Gasteiger partial charge in [0.2, 0.25) is 0 Å². The van der Waals surface area contributed by atoms with Gasteiger partial charge in [-0.1, -0.05) is 23.7 Å². The van der Waals surface area contributed by atoms with Crippen LogP contribution in [0.2, 0.25) is 5.02 Å². The predicted molar refractivity (Wildman–Crippen MR) is 86.0 cm³/mol. The van der Waals surface area contributed by atoms with Crippen LogP contribution in [-0.2, 0) is 4.79 Å². The van der Waals surface area contributed by atoms with Crippen molar-refractivity contribution in [3.8, 4) is 5.75 Å². The summed E-state index contributed by atoms with van der Waals surface area (Å²) in [7, 11) is 0. The molecule has 116 valence electrons. The van der Waals surface area contributed by atoms with Crippen LogP contribution in [0.25, 0.3) is 0 Å². The number of hydrogen-bond donors (Lipinski definition) is 1. The number of halogens is 2. The second-order valence-corrected chi connectivity index (χ2v) is 5.55. The van der Waals surface area contributed by atoms with E-state index >= 15 is 0 Å². The van der Waals surface area contributed by atoms with Gasteiger partial charge in [0.15, 0.2) is 6.10 Å². The largest absolute Gasteiger partial charge is 0.479 e. The van der Waals surface area contributed by atoms with Gasteiger partial charge in [-0.3, -0.25) is 4.79 Å². The van der Waals surface area contributed by atoms with Crippen LogP contribution in [0.5, 0.6) is 5.75 Å². The maximum absolute atomic E-state index is 13.0. The number of hydrogen-bond acceptors (Lipinski definition) is 2. The molecule has 22 heavy (non-hydrogen) atoms. The Kier molecular flexibility index (Phi) is 5.03. The molecule has 3 nitrogen and oxygen atoms in total. The Labute approximate surface area is 134 Å². The Morgan fingerprint density at radius 2 is 1.95 bits per heavy atom. The first kappa shape index (κ1) is 16.3. The Morgan fingerprint density at radius 3 is 2.64 bits per heavy atom. The summed E-state index contributed by atoms with van der Waals surface area (Å²) in [5, 5.41) is 2.95. The summed E-state index contributed by atoms with van der Waals surface area (Å²) < 4.78 is 18.5. The molecule has 0 aliphatic heterocycles. The van der Waals surface area contributed by atoms with Crippen molar-refractivity contribution in [3.63, 3.8) is 0 Å². The first-order chi connectivity index (χ1) is 10.4. The number of benzene rings is 2. The van der Waals surface area contributed by atoms with Crippen LogP contribution in [0.3, 0.4) is 0 Å². The summed E-state index contributed by atoms with van der Waals surface area (Å²) in [6.45, 7) is 5.48. The highest BCUT2D eigenvalue weighted by Crippen LogP contribution is 2.26. The van der Waals surface area contributed by atoms with Crippen LogP contribution in [-0.4, -0.2) is 12.0 Å². The minimum Gasteiger partial charge on any atom is -0.479 e. The third-order valence-electron chi connectivity index (χ3n) is 3.22. The van der Waals surface area contributed by atoms with E-state index in [0.717, 1.165) is 22.9 Å². The molecule has 0 aliphatic carbocycles. The fraction of sp³-hybridized carbons (Fsp3) is 0.235. The molecule has 2 rings (SSSR count). The summed E-state index contributed by atoms with van der Waals surface area (Å²) in [5.41, 5.74) is 2.76. The summed E-state index contributed by atoms with van der Waals surface area (Å²) in [6, 6.07) is 9.59. The predicted octanol–water partition coefficient (Wildman–Crippen LogP) is 4.50. The van der Waals surface area contributed by atoms with Crippen molar-refractivity contribution in [1.29, 1.82) is 0 Å². The van der Waals surface area contributed by atoms with Crippen LogP contribution in [0, 0.1) is 19.7 Å². The molecule has 0 radical (unpaired) electrons. The molecule has 0 heterocycles. The number of nitrogens with one attached hydrogen (secondary N) is 1. The van der Waals surface area contributed by atoms with E-state index in [1.807, 2.05) is 32.0 Å². The minimum atomic E-state index is -0.761. The molecule has 1 unspecified atom stereocenters. The van der Waals surface area contributed by atoms with Crippen molar-refractivity contribution in [1.82, 2.24) is 0 Å². The fourth-order valence-electron chi connectivity index (χ4n) is 1.92. The Bertz CT molecular complexity index is 703. The zero-order valence-corrected chi connectivity index (χ0v) is 13.4. The number of carbonyl (C=O) groups excluding carboxylic acids is 1. The van der Waals surface area contributed by atoms with E-state index in [2.05, 4.69) is 5.32 Å². The van der Waals surface area contributed by atoms with Gasteiger partial charge in [0.05, 0.1) is 5.02 Å². The lowest BCUT2D eigenvalue weighted by Gasteiger charge is -2.16. The van der Waals surface area contributed by atoms with Gasteiger partial charge in [-0.05, 0) is 56.2 Å². The van der Waals surface area contributed by atoms with Crippen LogP contribution in [0.4, 0.5) is 10.1 Å². The Morgan fingerprint density at radius 1 is 1.23 bits per heavy atom. The highest BCUT2D eigenvalue weighted by molar-refractivity contribution is 6.32. The SMILES string of the molecule is Cc1ccc(C)c(NC(=O)C(C)Oc2ccc(F)cc2Cl)c1. The Balaban J connectivity index is 2.07. The first-order valence-electron chi connectivity index (χ1n) is 6.86. The molecule has 0 spiro atoms. The van der Waals surface area contributed by atoms with Gasteiger partial charge in [-0.15, -0.1) is 0 Å². The summed E-state index contributed by atoms with van der Waals surface area (Å²) in [6.07, 6.45) is -0.761. The van der Waals surface area contributed by atoms with E-state index in [9.17, 15) is 9.18 Å². The third kappa shape index (κ3) is 3.98. The second-order valence-electron chi connectivity index (χ2n) is 5.14. The number of aryl methyl sites for hydroxylation is 2. The molecule has 5 heteroatoms. The average Bonchev–Trinajstić information content (AvgIpc) is 2.45. The van der Waals surface area contributed by atoms with Crippen molar-refractivity contribution in [2.75, 3.05) is 5.32 Å². The lowest BCUT2D eigenvalue weighted by Crippen LogP contribution is -2.30. The van der Waals surface area contributed by atoms with Crippen molar-refractivity contribution in [3.05, 3.63) is 58.4 Å². The molecule has 1 atom stereocenters. The topological polar surface area (TPSA) is 38.3 Å². The zero-order chi connectivity index (χ0) is 16.3. The number of ether oxygens (including phenoxy) is 1. The van der Waals surface area contributed by atoms with Crippen molar-refractivity contribution in [2.24, 2.45) is 0 Å². The maximum Gasteiger partial charge on any atom is 0.265 e. The van der Waals surface area contributed by atoms with Gasteiger partial charge >= 0.3 is 0 Å². The van der Waals surface area contributed by atoms with Crippen molar-refractivity contribution in [2.45, 2.75) is 26.9 Å². The molecular weight excluding hydrogens is 305 g/mol. The van der Waals surface area contributed by atoms with Gasteiger partial charge < -0.3 is 10.1 Å². The van der Waals surface area contributed by atoms with E-state index in [0.29, 0.717) is 0 Å². The lowest BCUT2D eigenvalue weighted by atomic mass is 10.1. The smallest absolute Gasteiger partial charge is 0.265 e. The number of anilines is 1. The highest BCUT2D eigenvalue weighted by atomic mass is 35.5. The van der Waals surface area contributed by atoms with E-state index in [4.69, 9.17) is 16.3 Å². The summed E-state index contributed by atoms with van der Waals surface area (Å²) in [5.74, 6) is -0.481. The minimum absolute atomic E-state index is 0.131. The molecule has 0 saturated heterocycles. The van der Waals surface area contributed by atoms with Crippen molar-refractivity contribution < 1.29 is 13.9 Å². The third-order valence-corrected chi connectivity index (χ3v) is 3.51. The normalized spacial score (nSPS) is 11.9. The molecule has 0 bridgehead atoms. The molecular formula is C17H17ClFNO2. The van der Waals surface area contributed by atoms with E-state index in [-0.39, 0.29) is 16.7 Å². The van der Waals surface area contributed by atoms with E-state index in [1.54, 1.807) is 6.92 Å². The molecule has 0 aromatic heterocycles. The van der Waals surface area contributed by atoms with Gasteiger partial charge in [-0.2, -0.15) is 0 Å². The summed E-state index contributed by atoms with van der Waals surface area (Å²) >= 11 is 5.89. The lowest BCUT2D eigenvalue weighted by molar-refractivity contribution is -0.122. The van der Waals surface area contributed by atoms with Crippen molar-refractivity contribution >= 4 is 23.2 Å². The fourth-order valence-corrected chi connectivity index (χ4v) is 2.13. The quantitative estimate of drug-likeness (QED) is 0.900. The van der Waals surface area contributed by atoms with Gasteiger partial charge in [0, 0.05) is 5.69 Å². The van der Waals surface area contributed by atoms with Gasteiger partial charge in [0.1, 0.15) is 11.6 Å². The molecule has 2 aromatic rings. The number of rotatable bonds is 4. The second kappa shape index (κ2) is 6.79. The maximum atomic E-state index is 13.0. The average molecular weight is 322 g/mol. The monoisotopic (exact) mass is 321 g/mol. The molecule has 2 aromatic carbocycles. The molecule has 0 saturated carbocycles. The van der Waals surface area contributed by atoms with E-state index < -0.39 is 11.9 Å². The van der Waals surface area contributed by atoms with Crippen LogP contribution < -0.4 is 10.1 Å². The molecule has 1 N–H and O–H groups in total. The molecule has 1 amide bonds. The molecule has 0 aliphatic rings. The standard InChI is InChI=1S/C17H17ClFNO2/c1-10-4-5-11(2)15(8-10)20-17(21)12(3)22-16-7-6-13(19)9-14(16)18/h4-9,12H,1-3H3,(H,20,21). The van der Waals surface area contributed by atoms with Crippen LogP contribution >= 0.6 is 11.6 Å².